The van der Waals surface area contributed by atoms with Gasteiger partial charge in [0.05, 0.1) is 0 Å². The van der Waals surface area contributed by atoms with Crippen molar-refractivity contribution in [3.8, 4) is 0 Å². The molecule has 0 spiro atoms. The van der Waals surface area contributed by atoms with E-state index in [0.29, 0.717) is 0 Å². The highest BCUT2D eigenvalue weighted by molar-refractivity contribution is 9.10. The van der Waals surface area contributed by atoms with Crippen LogP contribution in [0.2, 0.25) is 0 Å². The maximum absolute atomic E-state index is 4.28. The van der Waals surface area contributed by atoms with Gasteiger partial charge in [-0.1, -0.05) is 56.1 Å². The molecule has 4 heteroatoms. The van der Waals surface area contributed by atoms with E-state index in [2.05, 4.69) is 90.0 Å². The molecular formula is C16H16Br3N. The van der Waals surface area contributed by atoms with Gasteiger partial charge in [0.25, 0.3) is 0 Å². The van der Waals surface area contributed by atoms with E-state index >= 15 is 0 Å². The normalized spacial score (nSPS) is 11.6. The standard InChI is InChI=1S/C16H16Br3N/c1-12-4-2-3-5-15(12)16(10-17,11-18)7-13-6-14(19)9-20-8-13/h2-6,8-9H,7,10-11H2,1H3. The smallest absolute Gasteiger partial charge is 0.0410 e. The Kier molecular flexibility index (Phi) is 5.82. The number of hydrogen-bond acceptors (Lipinski definition) is 1. The molecule has 20 heavy (non-hydrogen) atoms. The number of aryl methyl sites for hydroxylation is 1. The van der Waals surface area contributed by atoms with Gasteiger partial charge in [0.15, 0.2) is 0 Å². The molecule has 0 N–H and O–H groups in total. The Bertz CT molecular complexity index is 579. The number of aromatic nitrogens is 1. The molecule has 0 unspecified atom stereocenters. The van der Waals surface area contributed by atoms with Crippen LogP contribution in [-0.4, -0.2) is 15.6 Å². The van der Waals surface area contributed by atoms with Gasteiger partial charge in [0.1, 0.15) is 0 Å². The van der Waals surface area contributed by atoms with Crippen molar-refractivity contribution >= 4 is 47.8 Å². The summed E-state index contributed by atoms with van der Waals surface area (Å²) < 4.78 is 1.03. The van der Waals surface area contributed by atoms with Crippen LogP contribution in [0.4, 0.5) is 0 Å². The maximum Gasteiger partial charge on any atom is 0.0410 e. The molecule has 0 aliphatic rings. The van der Waals surface area contributed by atoms with Gasteiger partial charge in [-0.2, -0.15) is 0 Å². The maximum atomic E-state index is 4.28. The lowest BCUT2D eigenvalue weighted by molar-refractivity contribution is 0.546. The molecule has 2 rings (SSSR count). The Labute approximate surface area is 145 Å². The van der Waals surface area contributed by atoms with Gasteiger partial charge in [-0.25, -0.2) is 0 Å². The Balaban J connectivity index is 2.42. The topological polar surface area (TPSA) is 12.9 Å². The molecule has 0 bridgehead atoms. The highest BCUT2D eigenvalue weighted by Gasteiger charge is 2.31. The van der Waals surface area contributed by atoms with E-state index in [9.17, 15) is 0 Å². The fourth-order valence-corrected chi connectivity index (χ4v) is 4.82. The van der Waals surface area contributed by atoms with Gasteiger partial charge in [-0.15, -0.1) is 0 Å². The lowest BCUT2D eigenvalue weighted by atomic mass is 9.77. The van der Waals surface area contributed by atoms with E-state index < -0.39 is 0 Å². The third-order valence-electron chi connectivity index (χ3n) is 3.53. The quantitative estimate of drug-likeness (QED) is 0.541. The first-order valence-electron chi connectivity index (χ1n) is 6.39. The lowest BCUT2D eigenvalue weighted by Crippen LogP contribution is -2.33. The second-order valence-electron chi connectivity index (χ2n) is 5.05. The summed E-state index contributed by atoms with van der Waals surface area (Å²) >= 11 is 10.9. The third-order valence-corrected chi connectivity index (χ3v) is 6.11. The van der Waals surface area contributed by atoms with Crippen LogP contribution in [0, 0.1) is 6.92 Å². The van der Waals surface area contributed by atoms with Crippen molar-refractivity contribution in [1.29, 1.82) is 0 Å². The third kappa shape index (κ3) is 3.52. The van der Waals surface area contributed by atoms with Crippen molar-refractivity contribution in [3.63, 3.8) is 0 Å². The van der Waals surface area contributed by atoms with Gasteiger partial charge >= 0.3 is 0 Å². The predicted molar refractivity (Wildman–Crippen MR) is 96.1 cm³/mol. The van der Waals surface area contributed by atoms with Gasteiger partial charge < -0.3 is 0 Å². The van der Waals surface area contributed by atoms with E-state index in [1.807, 2.05) is 12.4 Å². The monoisotopic (exact) mass is 459 g/mol. The first kappa shape index (κ1) is 16.2. The molecule has 0 aliphatic carbocycles. The van der Waals surface area contributed by atoms with Crippen molar-refractivity contribution in [2.24, 2.45) is 0 Å². The van der Waals surface area contributed by atoms with Crippen molar-refractivity contribution in [2.45, 2.75) is 18.8 Å². The largest absolute Gasteiger partial charge is 0.263 e. The molecule has 0 saturated heterocycles. The summed E-state index contributed by atoms with van der Waals surface area (Å²) in [5.41, 5.74) is 3.98. The zero-order valence-corrected chi connectivity index (χ0v) is 16.0. The number of rotatable bonds is 5. The molecule has 0 atom stereocenters. The second kappa shape index (κ2) is 7.19. The number of pyridine rings is 1. The van der Waals surface area contributed by atoms with Gasteiger partial charge in [0.2, 0.25) is 0 Å². The molecule has 1 heterocycles. The van der Waals surface area contributed by atoms with Crippen LogP contribution in [0.1, 0.15) is 16.7 Å². The highest BCUT2D eigenvalue weighted by Crippen LogP contribution is 2.35. The number of benzene rings is 1. The minimum absolute atomic E-state index is 0.0355. The molecule has 0 amide bonds. The Morgan fingerprint density at radius 3 is 2.40 bits per heavy atom. The zero-order valence-electron chi connectivity index (χ0n) is 11.2. The van der Waals surface area contributed by atoms with Crippen LogP contribution in [0.5, 0.6) is 0 Å². The average Bonchev–Trinajstić information content (AvgIpc) is 2.46. The molecule has 0 radical (unpaired) electrons. The molecule has 1 nitrogen and oxygen atoms in total. The number of nitrogens with zero attached hydrogens (tertiary/aromatic N) is 1. The average molecular weight is 462 g/mol. The van der Waals surface area contributed by atoms with Gasteiger partial charge in [-0.05, 0) is 52.0 Å². The number of hydrogen-bond donors (Lipinski definition) is 0. The summed E-state index contributed by atoms with van der Waals surface area (Å²) in [6, 6.07) is 10.7. The summed E-state index contributed by atoms with van der Waals surface area (Å²) in [7, 11) is 0. The van der Waals surface area contributed by atoms with E-state index in [1.54, 1.807) is 0 Å². The minimum Gasteiger partial charge on any atom is -0.263 e. The van der Waals surface area contributed by atoms with Crippen LogP contribution in [0.3, 0.4) is 0 Å². The Morgan fingerprint density at radius 2 is 1.80 bits per heavy atom. The van der Waals surface area contributed by atoms with Crippen LogP contribution in [-0.2, 0) is 11.8 Å². The Morgan fingerprint density at radius 1 is 1.10 bits per heavy atom. The molecule has 0 fully saturated rings. The van der Waals surface area contributed by atoms with Crippen molar-refractivity contribution < 1.29 is 0 Å². The van der Waals surface area contributed by atoms with E-state index in [0.717, 1.165) is 21.6 Å². The van der Waals surface area contributed by atoms with Crippen molar-refractivity contribution in [2.75, 3.05) is 10.7 Å². The van der Waals surface area contributed by atoms with E-state index in [-0.39, 0.29) is 5.41 Å². The first-order valence-corrected chi connectivity index (χ1v) is 9.42. The summed E-state index contributed by atoms with van der Waals surface area (Å²) in [5, 5.41) is 1.81. The summed E-state index contributed by atoms with van der Waals surface area (Å²) in [6.45, 7) is 2.18. The Hall–Kier alpha value is -0.190. The predicted octanol–water partition coefficient (Wildman–Crippen LogP) is 5.42. The van der Waals surface area contributed by atoms with Crippen LogP contribution in [0.25, 0.3) is 0 Å². The highest BCUT2D eigenvalue weighted by atomic mass is 79.9. The lowest BCUT2D eigenvalue weighted by Gasteiger charge is -2.32. The zero-order chi connectivity index (χ0) is 14.6. The van der Waals surface area contributed by atoms with Crippen LogP contribution in [0.15, 0.2) is 47.2 Å². The fourth-order valence-electron chi connectivity index (χ4n) is 2.48. The molecule has 106 valence electrons. The van der Waals surface area contributed by atoms with Crippen LogP contribution >= 0.6 is 47.8 Å². The van der Waals surface area contributed by atoms with Gasteiger partial charge in [-0.3, -0.25) is 4.98 Å². The number of alkyl halides is 2. The van der Waals surface area contributed by atoms with Crippen molar-refractivity contribution in [3.05, 3.63) is 63.9 Å². The molecule has 0 saturated carbocycles. The van der Waals surface area contributed by atoms with E-state index in [4.69, 9.17) is 0 Å². The van der Waals surface area contributed by atoms with Crippen molar-refractivity contribution in [1.82, 2.24) is 4.98 Å². The molecule has 0 aliphatic heterocycles. The minimum atomic E-state index is 0.0355. The molecule has 1 aromatic carbocycles. The van der Waals surface area contributed by atoms with Crippen LogP contribution < -0.4 is 0 Å². The summed E-state index contributed by atoms with van der Waals surface area (Å²) in [4.78, 5) is 4.28. The fraction of sp³-hybridized carbons (Fsp3) is 0.312. The molecule has 1 aromatic heterocycles. The molecule has 2 aromatic rings. The summed E-state index contributed by atoms with van der Waals surface area (Å²) in [5.74, 6) is 0. The summed E-state index contributed by atoms with van der Waals surface area (Å²) in [6.07, 6.45) is 4.71. The second-order valence-corrected chi connectivity index (χ2v) is 7.09. The van der Waals surface area contributed by atoms with Gasteiger partial charge in [0, 0.05) is 32.9 Å². The first-order chi connectivity index (χ1) is 9.61. The molecular weight excluding hydrogens is 446 g/mol. The SMILES string of the molecule is Cc1ccccc1C(CBr)(CBr)Cc1cncc(Br)c1. The van der Waals surface area contributed by atoms with E-state index in [1.165, 1.54) is 16.7 Å². The number of halogens is 3.